The molecule has 102 valence electrons. The van der Waals surface area contributed by atoms with Crippen molar-refractivity contribution in [3.8, 4) is 0 Å². The Labute approximate surface area is 110 Å². The molecule has 18 heavy (non-hydrogen) atoms. The maximum Gasteiger partial charge on any atom is 0.407 e. The number of amides is 1. The number of nitrogens with one attached hydrogen (secondary N) is 1. The lowest BCUT2D eigenvalue weighted by atomic mass is 9.84. The first kappa shape index (κ1) is 14.8. The van der Waals surface area contributed by atoms with Crippen LogP contribution in [-0.2, 0) is 4.74 Å². The molecule has 2 atom stereocenters. The van der Waals surface area contributed by atoms with Crippen molar-refractivity contribution in [1.82, 2.24) is 5.32 Å². The molecule has 1 aliphatic rings. The molecular formula is C14H24N2O2. The topological polar surface area (TPSA) is 42.7 Å². The maximum absolute atomic E-state index is 11.7. The summed E-state index contributed by atoms with van der Waals surface area (Å²) in [6, 6.07) is 0.212. The van der Waals surface area contributed by atoms with E-state index < -0.39 is 5.60 Å². The van der Waals surface area contributed by atoms with Gasteiger partial charge in [-0.15, -0.1) is 0 Å². The summed E-state index contributed by atoms with van der Waals surface area (Å²) in [4.78, 5) is 15.1. The summed E-state index contributed by atoms with van der Waals surface area (Å²) >= 11 is 0. The van der Waals surface area contributed by atoms with Crippen LogP contribution in [0.4, 0.5) is 4.79 Å². The minimum absolute atomic E-state index is 0.212. The number of nitrogens with zero attached hydrogens (tertiary/aromatic N) is 1. The Kier molecular flexibility index (Phi) is 5.46. The molecule has 2 unspecified atom stereocenters. The quantitative estimate of drug-likeness (QED) is 0.782. The van der Waals surface area contributed by atoms with Crippen LogP contribution in [0.5, 0.6) is 0 Å². The Morgan fingerprint density at radius 3 is 2.78 bits per heavy atom. The molecule has 1 amide bonds. The van der Waals surface area contributed by atoms with Gasteiger partial charge in [0.1, 0.15) is 5.60 Å². The Morgan fingerprint density at radius 1 is 1.44 bits per heavy atom. The lowest BCUT2D eigenvalue weighted by molar-refractivity contribution is 0.0484. The van der Waals surface area contributed by atoms with E-state index in [1.807, 2.05) is 20.8 Å². The molecule has 0 aliphatic heterocycles. The van der Waals surface area contributed by atoms with Crippen LogP contribution in [0.25, 0.3) is 4.85 Å². The van der Waals surface area contributed by atoms with Gasteiger partial charge >= 0.3 is 6.09 Å². The van der Waals surface area contributed by atoms with Crippen molar-refractivity contribution in [2.45, 2.75) is 64.5 Å². The fraction of sp³-hybridized carbons (Fsp3) is 0.857. The average Bonchev–Trinajstić information content (AvgIpc) is 2.24. The normalized spacial score (nSPS) is 24.1. The van der Waals surface area contributed by atoms with Crippen LogP contribution in [0.2, 0.25) is 0 Å². The number of carbonyl (C=O) groups is 1. The fourth-order valence-corrected chi connectivity index (χ4v) is 2.41. The molecule has 0 bridgehead atoms. The highest BCUT2D eigenvalue weighted by atomic mass is 16.6. The first-order chi connectivity index (χ1) is 8.40. The SMILES string of the molecule is [C-]#[N+]CCC1CCCC(NC(=O)OC(C)(C)C)C1. The molecule has 1 aliphatic carbocycles. The van der Waals surface area contributed by atoms with Crippen molar-refractivity contribution in [2.75, 3.05) is 6.54 Å². The summed E-state index contributed by atoms with van der Waals surface area (Å²) in [5, 5.41) is 2.94. The van der Waals surface area contributed by atoms with Gasteiger partial charge in [0.15, 0.2) is 0 Å². The second kappa shape index (κ2) is 6.63. The van der Waals surface area contributed by atoms with Gasteiger partial charge < -0.3 is 14.9 Å². The lowest BCUT2D eigenvalue weighted by Gasteiger charge is -2.29. The van der Waals surface area contributed by atoms with E-state index in [0.29, 0.717) is 12.5 Å². The number of rotatable bonds is 3. The van der Waals surface area contributed by atoms with Gasteiger partial charge in [-0.05, 0) is 39.5 Å². The number of alkyl carbamates (subject to hydrolysis) is 1. The summed E-state index contributed by atoms with van der Waals surface area (Å²) < 4.78 is 5.26. The smallest absolute Gasteiger partial charge is 0.407 e. The van der Waals surface area contributed by atoms with Crippen LogP contribution in [0.3, 0.4) is 0 Å². The minimum Gasteiger partial charge on any atom is -0.444 e. The average molecular weight is 252 g/mol. The Morgan fingerprint density at radius 2 is 2.17 bits per heavy atom. The third-order valence-corrected chi connectivity index (χ3v) is 3.15. The van der Waals surface area contributed by atoms with Crippen molar-refractivity contribution >= 4 is 6.09 Å². The Hall–Kier alpha value is -1.24. The molecule has 1 N–H and O–H groups in total. The predicted molar refractivity (Wildman–Crippen MR) is 71.2 cm³/mol. The van der Waals surface area contributed by atoms with Gasteiger partial charge in [-0.1, -0.05) is 12.8 Å². The van der Waals surface area contributed by atoms with Crippen molar-refractivity contribution in [2.24, 2.45) is 5.92 Å². The van der Waals surface area contributed by atoms with Gasteiger partial charge in [0, 0.05) is 12.5 Å². The van der Waals surface area contributed by atoms with E-state index in [1.165, 1.54) is 6.42 Å². The molecule has 0 radical (unpaired) electrons. The third kappa shape index (κ3) is 5.90. The van der Waals surface area contributed by atoms with Crippen LogP contribution in [0.1, 0.15) is 52.9 Å². The molecular weight excluding hydrogens is 228 g/mol. The molecule has 0 spiro atoms. The van der Waals surface area contributed by atoms with Gasteiger partial charge in [-0.2, -0.15) is 0 Å². The van der Waals surface area contributed by atoms with Crippen LogP contribution in [0, 0.1) is 12.5 Å². The number of hydrogen-bond donors (Lipinski definition) is 1. The predicted octanol–water partition coefficient (Wildman–Crippen LogP) is 3.38. The summed E-state index contributed by atoms with van der Waals surface area (Å²) in [5.74, 6) is 0.577. The lowest BCUT2D eigenvalue weighted by Crippen LogP contribution is -2.41. The van der Waals surface area contributed by atoms with Gasteiger partial charge in [-0.3, -0.25) is 0 Å². The zero-order valence-electron chi connectivity index (χ0n) is 11.7. The molecule has 1 fully saturated rings. The van der Waals surface area contributed by atoms with E-state index >= 15 is 0 Å². The highest BCUT2D eigenvalue weighted by Crippen LogP contribution is 2.27. The Bertz CT molecular complexity index is 315. The highest BCUT2D eigenvalue weighted by molar-refractivity contribution is 5.68. The van der Waals surface area contributed by atoms with Crippen LogP contribution >= 0.6 is 0 Å². The van der Waals surface area contributed by atoms with E-state index in [9.17, 15) is 4.79 Å². The van der Waals surface area contributed by atoms with Crippen LogP contribution in [-0.4, -0.2) is 24.3 Å². The molecule has 1 saturated carbocycles. The standard InChI is InChI=1S/C14H24N2O2/c1-14(2,3)18-13(17)16-12-7-5-6-11(10-12)8-9-15-4/h11-12H,5-10H2,1-3H3,(H,16,17). The second-order valence-corrected chi connectivity index (χ2v) is 6.05. The summed E-state index contributed by atoms with van der Waals surface area (Å²) in [7, 11) is 0. The minimum atomic E-state index is -0.442. The van der Waals surface area contributed by atoms with Gasteiger partial charge in [0.2, 0.25) is 6.54 Å². The number of carbonyl (C=O) groups excluding carboxylic acids is 1. The maximum atomic E-state index is 11.7. The summed E-state index contributed by atoms with van der Waals surface area (Å²) in [6.07, 6.45) is 4.95. The molecule has 0 heterocycles. The molecule has 0 aromatic carbocycles. The summed E-state index contributed by atoms with van der Waals surface area (Å²) in [5.41, 5.74) is -0.442. The van der Waals surface area contributed by atoms with E-state index in [2.05, 4.69) is 10.2 Å². The number of hydrogen-bond acceptors (Lipinski definition) is 2. The zero-order chi connectivity index (χ0) is 13.6. The zero-order valence-corrected chi connectivity index (χ0v) is 11.7. The Balaban J connectivity index is 2.34. The van der Waals surface area contributed by atoms with Crippen LogP contribution in [0.15, 0.2) is 0 Å². The summed E-state index contributed by atoms with van der Waals surface area (Å²) in [6.45, 7) is 13.0. The van der Waals surface area contributed by atoms with E-state index in [0.717, 1.165) is 25.7 Å². The molecule has 4 heteroatoms. The van der Waals surface area contributed by atoms with Crippen molar-refractivity contribution in [1.29, 1.82) is 0 Å². The second-order valence-electron chi connectivity index (χ2n) is 6.05. The van der Waals surface area contributed by atoms with Crippen molar-refractivity contribution in [3.05, 3.63) is 11.4 Å². The molecule has 0 saturated heterocycles. The molecule has 1 rings (SSSR count). The molecule has 4 nitrogen and oxygen atoms in total. The van der Waals surface area contributed by atoms with Crippen molar-refractivity contribution in [3.63, 3.8) is 0 Å². The highest BCUT2D eigenvalue weighted by Gasteiger charge is 2.25. The van der Waals surface area contributed by atoms with Gasteiger partial charge in [-0.25, -0.2) is 11.4 Å². The van der Waals surface area contributed by atoms with E-state index in [-0.39, 0.29) is 12.1 Å². The monoisotopic (exact) mass is 252 g/mol. The fourth-order valence-electron chi connectivity index (χ4n) is 2.41. The van der Waals surface area contributed by atoms with Crippen molar-refractivity contribution < 1.29 is 9.53 Å². The molecule has 0 aromatic rings. The first-order valence-electron chi connectivity index (χ1n) is 6.73. The molecule has 0 aromatic heterocycles. The van der Waals surface area contributed by atoms with Crippen LogP contribution < -0.4 is 5.32 Å². The van der Waals surface area contributed by atoms with Gasteiger partial charge in [0.05, 0.1) is 0 Å². The first-order valence-corrected chi connectivity index (χ1v) is 6.73. The third-order valence-electron chi connectivity index (χ3n) is 3.15. The largest absolute Gasteiger partial charge is 0.444 e. The van der Waals surface area contributed by atoms with E-state index in [1.54, 1.807) is 0 Å². The van der Waals surface area contributed by atoms with Gasteiger partial charge in [0.25, 0.3) is 0 Å². The van der Waals surface area contributed by atoms with E-state index in [4.69, 9.17) is 11.3 Å². The number of ether oxygens (including phenoxy) is 1.